The molecule has 0 saturated heterocycles. The van der Waals surface area contributed by atoms with Gasteiger partial charge in [0.15, 0.2) is 0 Å². The predicted molar refractivity (Wildman–Crippen MR) is 84.7 cm³/mol. The lowest BCUT2D eigenvalue weighted by Crippen LogP contribution is -2.35. The maximum absolute atomic E-state index is 6.43. The van der Waals surface area contributed by atoms with Crippen molar-refractivity contribution in [3.05, 3.63) is 63.6 Å². The number of rotatable bonds is 4. The van der Waals surface area contributed by atoms with Crippen molar-refractivity contribution in [3.63, 3.8) is 0 Å². The Kier molecular flexibility index (Phi) is 4.59. The molecule has 0 aromatic heterocycles. The van der Waals surface area contributed by atoms with Crippen LogP contribution in [0, 0.1) is 0 Å². The molecule has 0 aliphatic heterocycles. The molecule has 2 aromatic rings. The minimum Gasteiger partial charge on any atom is -0.497 e. The summed E-state index contributed by atoms with van der Waals surface area (Å²) in [6.07, 6.45) is 0.703. The van der Waals surface area contributed by atoms with Gasteiger partial charge in [-0.1, -0.05) is 41.4 Å². The lowest BCUT2D eigenvalue weighted by Gasteiger charge is -2.26. The van der Waals surface area contributed by atoms with Gasteiger partial charge in [-0.3, -0.25) is 0 Å². The van der Waals surface area contributed by atoms with Gasteiger partial charge in [-0.25, -0.2) is 0 Å². The van der Waals surface area contributed by atoms with Gasteiger partial charge in [-0.05, 0) is 48.7 Å². The summed E-state index contributed by atoms with van der Waals surface area (Å²) in [4.78, 5) is 0. The van der Waals surface area contributed by atoms with Gasteiger partial charge in [-0.15, -0.1) is 0 Å². The number of nitrogens with two attached hydrogens (primary N) is 1. The molecule has 2 nitrogen and oxygen atoms in total. The molecule has 0 radical (unpaired) electrons. The minimum atomic E-state index is -0.511. The number of halogens is 2. The number of hydrogen-bond acceptors (Lipinski definition) is 2. The van der Waals surface area contributed by atoms with Crippen LogP contribution in [-0.2, 0) is 12.0 Å². The number of hydrogen-bond donors (Lipinski definition) is 1. The lowest BCUT2D eigenvalue weighted by molar-refractivity contribution is 0.414. The molecule has 1 unspecified atom stereocenters. The first-order valence-corrected chi connectivity index (χ1v) is 7.05. The van der Waals surface area contributed by atoms with Gasteiger partial charge in [0.25, 0.3) is 0 Å². The monoisotopic (exact) mass is 309 g/mol. The molecule has 4 heteroatoms. The average molecular weight is 310 g/mol. The van der Waals surface area contributed by atoms with E-state index >= 15 is 0 Å². The predicted octanol–water partition coefficient (Wildman–Crippen LogP) is 4.42. The first-order valence-electron chi connectivity index (χ1n) is 6.30. The molecule has 0 saturated carbocycles. The highest BCUT2D eigenvalue weighted by Gasteiger charge is 2.22. The molecule has 0 aliphatic carbocycles. The Morgan fingerprint density at radius 1 is 1.05 bits per heavy atom. The van der Waals surface area contributed by atoms with Gasteiger partial charge >= 0.3 is 0 Å². The standard InChI is InChI=1S/C16H17Cl2NO/c1-16(19,12-5-8-14(17)15(18)9-12)10-11-3-6-13(20-2)7-4-11/h3-9H,10,19H2,1-2H3. The highest BCUT2D eigenvalue weighted by atomic mass is 35.5. The fourth-order valence-electron chi connectivity index (χ4n) is 2.12. The number of ether oxygens (including phenoxy) is 1. The second-order valence-corrected chi connectivity index (χ2v) is 5.89. The molecule has 0 heterocycles. The summed E-state index contributed by atoms with van der Waals surface area (Å²) in [5.74, 6) is 0.835. The van der Waals surface area contributed by atoms with Crippen LogP contribution in [0.1, 0.15) is 18.1 Å². The first kappa shape index (κ1) is 15.2. The Morgan fingerprint density at radius 3 is 2.25 bits per heavy atom. The van der Waals surface area contributed by atoms with Crippen LogP contribution in [0.25, 0.3) is 0 Å². The van der Waals surface area contributed by atoms with E-state index in [-0.39, 0.29) is 0 Å². The summed E-state index contributed by atoms with van der Waals surface area (Å²) in [5.41, 5.74) is 8.02. The molecule has 2 rings (SSSR count). The summed E-state index contributed by atoms with van der Waals surface area (Å²) in [7, 11) is 1.65. The largest absolute Gasteiger partial charge is 0.497 e. The minimum absolute atomic E-state index is 0.511. The van der Waals surface area contributed by atoms with Crippen molar-refractivity contribution in [1.29, 1.82) is 0 Å². The van der Waals surface area contributed by atoms with Gasteiger partial charge < -0.3 is 10.5 Å². The molecule has 20 heavy (non-hydrogen) atoms. The first-order chi connectivity index (χ1) is 9.42. The molecule has 0 aliphatic rings. The van der Waals surface area contributed by atoms with Gasteiger partial charge in [0.2, 0.25) is 0 Å². The second-order valence-electron chi connectivity index (χ2n) is 5.07. The average Bonchev–Trinajstić information content (AvgIpc) is 2.42. The zero-order valence-corrected chi connectivity index (χ0v) is 13.0. The SMILES string of the molecule is COc1ccc(CC(C)(N)c2ccc(Cl)c(Cl)c2)cc1. The molecular weight excluding hydrogens is 293 g/mol. The van der Waals surface area contributed by atoms with Crippen LogP contribution in [0.5, 0.6) is 5.75 Å². The Balaban J connectivity index is 2.22. The van der Waals surface area contributed by atoms with Crippen LogP contribution in [0.15, 0.2) is 42.5 Å². The zero-order chi connectivity index (χ0) is 14.8. The quantitative estimate of drug-likeness (QED) is 0.907. The number of methoxy groups -OCH3 is 1. The van der Waals surface area contributed by atoms with E-state index < -0.39 is 5.54 Å². The zero-order valence-electron chi connectivity index (χ0n) is 11.5. The summed E-state index contributed by atoms with van der Waals surface area (Å²) in [6, 6.07) is 13.4. The Morgan fingerprint density at radius 2 is 1.70 bits per heavy atom. The smallest absolute Gasteiger partial charge is 0.118 e. The van der Waals surface area contributed by atoms with Crippen molar-refractivity contribution in [1.82, 2.24) is 0 Å². The molecular formula is C16H17Cl2NO. The highest BCUT2D eigenvalue weighted by Crippen LogP contribution is 2.29. The van der Waals surface area contributed by atoms with E-state index in [0.717, 1.165) is 16.9 Å². The normalized spacial score (nSPS) is 13.8. The van der Waals surface area contributed by atoms with Gasteiger partial charge in [0.1, 0.15) is 5.75 Å². The van der Waals surface area contributed by atoms with Crippen LogP contribution in [0.4, 0.5) is 0 Å². The third-order valence-corrected chi connectivity index (χ3v) is 4.05. The highest BCUT2D eigenvalue weighted by molar-refractivity contribution is 6.42. The van der Waals surface area contributed by atoms with E-state index in [2.05, 4.69) is 0 Å². The lowest BCUT2D eigenvalue weighted by atomic mass is 9.86. The Bertz CT molecular complexity index is 594. The molecule has 1 atom stereocenters. The summed E-state index contributed by atoms with van der Waals surface area (Å²) < 4.78 is 5.15. The van der Waals surface area contributed by atoms with Gasteiger partial charge in [0, 0.05) is 5.54 Å². The van der Waals surface area contributed by atoms with Crippen molar-refractivity contribution in [2.75, 3.05) is 7.11 Å². The van der Waals surface area contributed by atoms with Crippen molar-refractivity contribution in [2.45, 2.75) is 18.9 Å². The summed E-state index contributed by atoms with van der Waals surface area (Å²) >= 11 is 12.0. The van der Waals surface area contributed by atoms with Crippen LogP contribution in [0.3, 0.4) is 0 Å². The molecule has 0 amide bonds. The molecule has 0 fully saturated rings. The van der Waals surface area contributed by atoms with E-state index in [1.165, 1.54) is 0 Å². The van der Waals surface area contributed by atoms with Gasteiger partial charge in [-0.2, -0.15) is 0 Å². The van der Waals surface area contributed by atoms with E-state index in [4.69, 9.17) is 33.7 Å². The van der Waals surface area contributed by atoms with Crippen molar-refractivity contribution in [3.8, 4) is 5.75 Å². The third-order valence-electron chi connectivity index (χ3n) is 3.31. The van der Waals surface area contributed by atoms with E-state index in [1.54, 1.807) is 13.2 Å². The molecule has 2 aromatic carbocycles. The summed E-state index contributed by atoms with van der Waals surface area (Å²) in [6.45, 7) is 1.98. The van der Waals surface area contributed by atoms with Crippen LogP contribution in [0.2, 0.25) is 10.0 Å². The maximum Gasteiger partial charge on any atom is 0.118 e. The van der Waals surface area contributed by atoms with Crippen LogP contribution < -0.4 is 10.5 Å². The Hall–Kier alpha value is -1.22. The van der Waals surface area contributed by atoms with E-state index in [1.807, 2.05) is 43.3 Å². The molecule has 106 valence electrons. The fraction of sp³-hybridized carbons (Fsp3) is 0.250. The maximum atomic E-state index is 6.43. The van der Waals surface area contributed by atoms with Gasteiger partial charge in [0.05, 0.1) is 17.2 Å². The summed E-state index contributed by atoms with van der Waals surface area (Å²) in [5, 5.41) is 1.06. The molecule has 0 spiro atoms. The molecule has 2 N–H and O–H groups in total. The number of benzene rings is 2. The van der Waals surface area contributed by atoms with E-state index in [0.29, 0.717) is 16.5 Å². The van der Waals surface area contributed by atoms with Crippen LogP contribution >= 0.6 is 23.2 Å². The fourth-order valence-corrected chi connectivity index (χ4v) is 2.42. The van der Waals surface area contributed by atoms with Crippen molar-refractivity contribution < 1.29 is 4.74 Å². The van der Waals surface area contributed by atoms with Crippen molar-refractivity contribution >= 4 is 23.2 Å². The third kappa shape index (κ3) is 3.45. The molecule has 0 bridgehead atoms. The Labute approximate surface area is 129 Å². The van der Waals surface area contributed by atoms with Crippen molar-refractivity contribution in [2.24, 2.45) is 5.73 Å². The van der Waals surface area contributed by atoms with Crippen LogP contribution in [-0.4, -0.2) is 7.11 Å². The van der Waals surface area contributed by atoms with E-state index in [9.17, 15) is 0 Å². The second kappa shape index (κ2) is 6.04. The topological polar surface area (TPSA) is 35.2 Å².